The number of benzene rings is 2. The molecule has 3 rings (SSSR count). The second-order valence-corrected chi connectivity index (χ2v) is 5.20. The van der Waals surface area contributed by atoms with Crippen LogP contribution in [0.1, 0.15) is 16.5 Å². The summed E-state index contributed by atoms with van der Waals surface area (Å²) in [6, 6.07) is 17.1. The summed E-state index contributed by atoms with van der Waals surface area (Å²) < 4.78 is 0. The largest absolute Gasteiger partial charge is 0.368 e. The van der Waals surface area contributed by atoms with Crippen molar-refractivity contribution in [2.45, 2.75) is 17.2 Å². The molecule has 2 aromatic rings. The third-order valence-electron chi connectivity index (χ3n) is 2.77. The molecule has 0 aliphatic carbocycles. The van der Waals surface area contributed by atoms with Gasteiger partial charge >= 0.3 is 0 Å². The Balaban J connectivity index is 1.91. The number of thioether (sulfide) groups is 1. The molecule has 1 nitrogen and oxygen atoms in total. The lowest BCUT2D eigenvalue weighted by molar-refractivity contribution is 1.13. The molecule has 0 amide bonds. The molecule has 1 N–H and O–H groups in total. The SMILES string of the molecule is Cc1ccc2c(c1)SC(c1ccccc1)N2. The van der Waals surface area contributed by atoms with Crippen molar-refractivity contribution >= 4 is 17.4 Å². The van der Waals surface area contributed by atoms with Crippen LogP contribution < -0.4 is 5.32 Å². The second-order valence-electron chi connectivity index (χ2n) is 4.05. The molecule has 1 aliphatic heterocycles. The predicted octanol–water partition coefficient (Wildman–Crippen LogP) is 4.21. The van der Waals surface area contributed by atoms with Gasteiger partial charge in [0.2, 0.25) is 0 Å². The third-order valence-corrected chi connectivity index (χ3v) is 3.99. The summed E-state index contributed by atoms with van der Waals surface area (Å²) in [4.78, 5) is 1.36. The molecule has 1 aliphatic rings. The van der Waals surface area contributed by atoms with Gasteiger partial charge in [0.05, 0.1) is 0 Å². The first kappa shape index (κ1) is 9.79. The molecule has 0 saturated carbocycles. The highest BCUT2D eigenvalue weighted by atomic mass is 32.2. The molecular formula is C14H13NS. The molecule has 1 heterocycles. The topological polar surface area (TPSA) is 12.0 Å². The van der Waals surface area contributed by atoms with Gasteiger partial charge in [-0.15, -0.1) is 0 Å². The summed E-state index contributed by atoms with van der Waals surface area (Å²) in [5.74, 6) is 0. The minimum atomic E-state index is 0.359. The molecule has 0 saturated heterocycles. The Bertz CT molecular complexity index is 507. The standard InChI is InChI=1S/C14H13NS/c1-10-7-8-12-13(9-10)16-14(15-12)11-5-3-2-4-6-11/h2-9,14-15H,1H3. The zero-order valence-corrected chi connectivity index (χ0v) is 9.92. The zero-order chi connectivity index (χ0) is 11.0. The van der Waals surface area contributed by atoms with Crippen molar-refractivity contribution < 1.29 is 0 Å². The summed E-state index contributed by atoms with van der Waals surface area (Å²) in [7, 11) is 0. The molecule has 0 aromatic heterocycles. The summed E-state index contributed by atoms with van der Waals surface area (Å²) in [5.41, 5.74) is 3.91. The average molecular weight is 227 g/mol. The molecule has 1 atom stereocenters. The first-order chi connectivity index (χ1) is 7.83. The monoisotopic (exact) mass is 227 g/mol. The van der Waals surface area contributed by atoms with Crippen molar-refractivity contribution in [1.29, 1.82) is 0 Å². The second kappa shape index (κ2) is 3.87. The number of rotatable bonds is 1. The lowest BCUT2D eigenvalue weighted by Gasteiger charge is -2.09. The van der Waals surface area contributed by atoms with E-state index in [0.717, 1.165) is 0 Å². The molecular weight excluding hydrogens is 214 g/mol. The van der Waals surface area contributed by atoms with Crippen LogP contribution in [-0.2, 0) is 0 Å². The van der Waals surface area contributed by atoms with E-state index in [-0.39, 0.29) is 0 Å². The van der Waals surface area contributed by atoms with E-state index in [4.69, 9.17) is 0 Å². The van der Waals surface area contributed by atoms with Gasteiger partial charge in [0.15, 0.2) is 0 Å². The van der Waals surface area contributed by atoms with E-state index >= 15 is 0 Å². The Kier molecular flexibility index (Phi) is 2.37. The fraction of sp³-hybridized carbons (Fsp3) is 0.143. The average Bonchev–Trinajstić information content (AvgIpc) is 2.73. The molecule has 0 spiro atoms. The van der Waals surface area contributed by atoms with Crippen LogP contribution in [0.25, 0.3) is 0 Å². The van der Waals surface area contributed by atoms with Crippen LogP contribution in [0.2, 0.25) is 0 Å². The lowest BCUT2D eigenvalue weighted by atomic mass is 10.2. The molecule has 80 valence electrons. The highest BCUT2D eigenvalue weighted by molar-refractivity contribution is 8.00. The van der Waals surface area contributed by atoms with Gasteiger partial charge < -0.3 is 5.32 Å². The van der Waals surface area contributed by atoms with Crippen LogP contribution in [0, 0.1) is 6.92 Å². The maximum absolute atomic E-state index is 3.54. The highest BCUT2D eigenvalue weighted by Crippen LogP contribution is 2.46. The number of nitrogens with one attached hydrogen (secondary N) is 1. The van der Waals surface area contributed by atoms with Gasteiger partial charge in [-0.3, -0.25) is 0 Å². The summed E-state index contributed by atoms with van der Waals surface area (Å²) in [5, 5.41) is 3.90. The quantitative estimate of drug-likeness (QED) is 0.783. The van der Waals surface area contributed by atoms with Gasteiger partial charge in [0, 0.05) is 10.6 Å². The Labute approximate surface area is 99.9 Å². The Morgan fingerprint density at radius 2 is 1.88 bits per heavy atom. The van der Waals surface area contributed by atoms with E-state index in [1.165, 1.54) is 21.7 Å². The van der Waals surface area contributed by atoms with E-state index < -0.39 is 0 Å². The normalized spacial score (nSPS) is 17.9. The molecule has 0 bridgehead atoms. The minimum Gasteiger partial charge on any atom is -0.368 e. The van der Waals surface area contributed by atoms with Crippen molar-refractivity contribution in [3.8, 4) is 0 Å². The van der Waals surface area contributed by atoms with Crippen LogP contribution in [-0.4, -0.2) is 0 Å². The molecule has 2 heteroatoms. The molecule has 0 radical (unpaired) electrons. The molecule has 16 heavy (non-hydrogen) atoms. The molecule has 0 fully saturated rings. The fourth-order valence-electron chi connectivity index (χ4n) is 1.92. The maximum Gasteiger partial charge on any atom is 0.103 e. The molecule has 1 unspecified atom stereocenters. The Morgan fingerprint density at radius 3 is 2.69 bits per heavy atom. The number of aryl methyl sites for hydroxylation is 1. The summed E-state index contributed by atoms with van der Waals surface area (Å²) in [6.45, 7) is 2.14. The Hall–Kier alpha value is -1.41. The Morgan fingerprint density at radius 1 is 1.06 bits per heavy atom. The van der Waals surface area contributed by atoms with Crippen molar-refractivity contribution in [3.63, 3.8) is 0 Å². The van der Waals surface area contributed by atoms with E-state index in [1.807, 2.05) is 11.8 Å². The van der Waals surface area contributed by atoms with Crippen LogP contribution in [0.3, 0.4) is 0 Å². The van der Waals surface area contributed by atoms with E-state index in [1.54, 1.807) is 0 Å². The van der Waals surface area contributed by atoms with Gasteiger partial charge in [0.25, 0.3) is 0 Å². The van der Waals surface area contributed by atoms with Gasteiger partial charge in [-0.2, -0.15) is 0 Å². The first-order valence-electron chi connectivity index (χ1n) is 5.42. The molecule has 2 aromatic carbocycles. The van der Waals surface area contributed by atoms with Crippen LogP contribution >= 0.6 is 11.8 Å². The van der Waals surface area contributed by atoms with E-state index in [0.29, 0.717) is 5.37 Å². The summed E-state index contributed by atoms with van der Waals surface area (Å²) >= 11 is 1.89. The van der Waals surface area contributed by atoms with Gasteiger partial charge in [-0.05, 0) is 30.2 Å². The number of hydrogen-bond donors (Lipinski definition) is 1. The van der Waals surface area contributed by atoms with Crippen molar-refractivity contribution in [2.75, 3.05) is 5.32 Å². The highest BCUT2D eigenvalue weighted by Gasteiger charge is 2.22. The predicted molar refractivity (Wildman–Crippen MR) is 69.8 cm³/mol. The summed E-state index contributed by atoms with van der Waals surface area (Å²) in [6.07, 6.45) is 0. The number of hydrogen-bond acceptors (Lipinski definition) is 2. The van der Waals surface area contributed by atoms with Crippen LogP contribution in [0.4, 0.5) is 5.69 Å². The fourth-order valence-corrected chi connectivity index (χ4v) is 3.16. The first-order valence-corrected chi connectivity index (χ1v) is 6.30. The zero-order valence-electron chi connectivity index (χ0n) is 9.10. The third kappa shape index (κ3) is 1.69. The van der Waals surface area contributed by atoms with Gasteiger partial charge in [-0.1, -0.05) is 48.2 Å². The van der Waals surface area contributed by atoms with Gasteiger partial charge in [0.1, 0.15) is 5.37 Å². The van der Waals surface area contributed by atoms with Gasteiger partial charge in [-0.25, -0.2) is 0 Å². The van der Waals surface area contributed by atoms with E-state index in [9.17, 15) is 0 Å². The maximum atomic E-state index is 3.54. The van der Waals surface area contributed by atoms with Crippen LogP contribution in [0.15, 0.2) is 53.4 Å². The van der Waals surface area contributed by atoms with Crippen LogP contribution in [0.5, 0.6) is 0 Å². The van der Waals surface area contributed by atoms with E-state index in [2.05, 4.69) is 60.8 Å². The number of anilines is 1. The van der Waals surface area contributed by atoms with Crippen molar-refractivity contribution in [3.05, 3.63) is 59.7 Å². The lowest BCUT2D eigenvalue weighted by Crippen LogP contribution is -2.00. The van der Waals surface area contributed by atoms with Crippen molar-refractivity contribution in [1.82, 2.24) is 0 Å². The smallest absolute Gasteiger partial charge is 0.103 e. The minimum absolute atomic E-state index is 0.359. The number of fused-ring (bicyclic) bond motifs is 1. The van der Waals surface area contributed by atoms with Crippen molar-refractivity contribution in [2.24, 2.45) is 0 Å².